The van der Waals surface area contributed by atoms with Crippen LogP contribution in [0.15, 0.2) is 29.9 Å². The molecule has 0 aliphatic carbocycles. The Hall–Kier alpha value is -2.15. The molecule has 0 unspecified atom stereocenters. The number of piperidine rings is 1. The van der Waals surface area contributed by atoms with Gasteiger partial charge in [0.15, 0.2) is 5.13 Å². The summed E-state index contributed by atoms with van der Waals surface area (Å²) in [6.45, 7) is 1.13. The molecule has 7 heteroatoms. The summed E-state index contributed by atoms with van der Waals surface area (Å²) < 4.78 is 6.64. The number of likely N-dealkylation sites (tertiary alicyclic amines) is 1. The highest BCUT2D eigenvalue weighted by Crippen LogP contribution is 2.22. The maximum absolute atomic E-state index is 12.5. The van der Waals surface area contributed by atoms with Crippen molar-refractivity contribution in [2.45, 2.75) is 12.8 Å². The number of esters is 1. The Labute approximate surface area is 132 Å². The normalized spacial score (nSPS) is 15.8. The molecule has 1 fully saturated rings. The first kappa shape index (κ1) is 14.8. The minimum Gasteiger partial charge on any atom is -0.469 e. The highest BCUT2D eigenvalue weighted by atomic mass is 32.1. The van der Waals surface area contributed by atoms with Crippen molar-refractivity contribution in [3.8, 4) is 5.13 Å². The Morgan fingerprint density at radius 1 is 1.27 bits per heavy atom. The maximum Gasteiger partial charge on any atom is 0.308 e. The van der Waals surface area contributed by atoms with Crippen molar-refractivity contribution in [3.05, 3.63) is 35.6 Å². The average Bonchev–Trinajstić information content (AvgIpc) is 3.24. The van der Waals surface area contributed by atoms with Crippen LogP contribution in [0, 0.1) is 5.92 Å². The molecule has 0 radical (unpaired) electrons. The van der Waals surface area contributed by atoms with E-state index in [1.807, 2.05) is 29.1 Å². The van der Waals surface area contributed by atoms with Crippen molar-refractivity contribution >= 4 is 23.2 Å². The van der Waals surface area contributed by atoms with Gasteiger partial charge in [-0.3, -0.25) is 9.59 Å². The summed E-state index contributed by atoms with van der Waals surface area (Å²) in [5, 5.41) is 2.56. The van der Waals surface area contributed by atoms with Gasteiger partial charge in [0.25, 0.3) is 5.91 Å². The van der Waals surface area contributed by atoms with Crippen LogP contribution in [-0.2, 0) is 9.53 Å². The Bertz CT molecular complexity index is 657. The van der Waals surface area contributed by atoms with Crippen LogP contribution in [0.2, 0.25) is 0 Å². The lowest BCUT2D eigenvalue weighted by Crippen LogP contribution is -2.40. The van der Waals surface area contributed by atoms with E-state index in [1.165, 1.54) is 18.4 Å². The molecule has 0 bridgehead atoms. The van der Waals surface area contributed by atoms with Crippen LogP contribution < -0.4 is 0 Å². The number of thiazole rings is 1. The van der Waals surface area contributed by atoms with E-state index >= 15 is 0 Å². The summed E-state index contributed by atoms with van der Waals surface area (Å²) in [6.07, 6.45) is 5.09. The topological polar surface area (TPSA) is 64.4 Å². The summed E-state index contributed by atoms with van der Waals surface area (Å²) >= 11 is 1.44. The highest BCUT2D eigenvalue weighted by molar-refractivity contribution is 7.12. The second-order valence-corrected chi connectivity index (χ2v) is 6.03. The highest BCUT2D eigenvalue weighted by Gasteiger charge is 2.29. The van der Waals surface area contributed by atoms with Crippen molar-refractivity contribution < 1.29 is 14.3 Å². The molecule has 3 heterocycles. The molecule has 1 aliphatic heterocycles. The fourth-order valence-electron chi connectivity index (χ4n) is 2.59. The number of carbonyl (C=O) groups is 2. The van der Waals surface area contributed by atoms with Gasteiger partial charge < -0.3 is 14.2 Å². The molecule has 0 saturated carbocycles. The lowest BCUT2D eigenvalue weighted by molar-refractivity contribution is -0.146. The third kappa shape index (κ3) is 2.89. The van der Waals surface area contributed by atoms with Gasteiger partial charge in [-0.1, -0.05) is 0 Å². The average molecular weight is 319 g/mol. The summed E-state index contributed by atoms with van der Waals surface area (Å²) in [5.41, 5.74) is 0.463. The second kappa shape index (κ2) is 6.31. The van der Waals surface area contributed by atoms with Crippen LogP contribution in [-0.4, -0.2) is 46.5 Å². The fraction of sp³-hybridized carbons (Fsp3) is 0.400. The number of aromatic nitrogens is 2. The lowest BCUT2D eigenvalue weighted by Gasteiger charge is -2.30. The van der Waals surface area contributed by atoms with E-state index in [4.69, 9.17) is 4.74 Å². The van der Waals surface area contributed by atoms with Crippen LogP contribution >= 0.6 is 11.3 Å². The Morgan fingerprint density at radius 3 is 2.59 bits per heavy atom. The number of ether oxygens (including phenoxy) is 1. The van der Waals surface area contributed by atoms with Crippen LogP contribution in [0.1, 0.15) is 23.3 Å². The zero-order valence-electron chi connectivity index (χ0n) is 12.3. The van der Waals surface area contributed by atoms with Crippen LogP contribution in [0.25, 0.3) is 5.13 Å². The molecular formula is C15H17N3O3S. The molecule has 0 N–H and O–H groups in total. The van der Waals surface area contributed by atoms with E-state index < -0.39 is 0 Å². The molecule has 0 atom stereocenters. The quantitative estimate of drug-likeness (QED) is 0.811. The third-order valence-corrected chi connectivity index (χ3v) is 4.71. The number of hydrogen-bond donors (Lipinski definition) is 0. The number of amides is 1. The van der Waals surface area contributed by atoms with E-state index in [2.05, 4.69) is 4.98 Å². The third-order valence-electron chi connectivity index (χ3n) is 3.85. The Morgan fingerprint density at radius 2 is 1.95 bits per heavy atom. The zero-order valence-corrected chi connectivity index (χ0v) is 13.1. The van der Waals surface area contributed by atoms with Gasteiger partial charge in [-0.15, -0.1) is 11.3 Å². The predicted octanol–water partition coefficient (Wildman–Crippen LogP) is 1.96. The minimum absolute atomic E-state index is 0.0713. The van der Waals surface area contributed by atoms with Gasteiger partial charge in [0.1, 0.15) is 5.69 Å². The number of methoxy groups -OCH3 is 1. The molecular weight excluding hydrogens is 302 g/mol. The number of carbonyl (C=O) groups excluding carboxylic acids is 2. The molecule has 116 valence electrons. The molecule has 1 saturated heterocycles. The second-order valence-electron chi connectivity index (χ2n) is 5.20. The Balaban J connectivity index is 1.64. The molecule has 1 aliphatic rings. The lowest BCUT2D eigenvalue weighted by atomic mass is 9.97. The molecule has 0 aromatic carbocycles. The van der Waals surface area contributed by atoms with Gasteiger partial charge in [-0.2, -0.15) is 0 Å². The van der Waals surface area contributed by atoms with Crippen molar-refractivity contribution in [3.63, 3.8) is 0 Å². The van der Waals surface area contributed by atoms with Crippen molar-refractivity contribution in [2.75, 3.05) is 20.2 Å². The van der Waals surface area contributed by atoms with Crippen LogP contribution in [0.5, 0.6) is 0 Å². The van der Waals surface area contributed by atoms with Crippen molar-refractivity contribution in [1.29, 1.82) is 0 Å². The summed E-state index contributed by atoms with van der Waals surface area (Å²) in [7, 11) is 1.40. The number of hydrogen-bond acceptors (Lipinski definition) is 5. The van der Waals surface area contributed by atoms with Crippen molar-refractivity contribution in [1.82, 2.24) is 14.5 Å². The van der Waals surface area contributed by atoms with Gasteiger partial charge >= 0.3 is 5.97 Å². The molecule has 2 aromatic rings. The molecule has 6 nitrogen and oxygen atoms in total. The molecule has 0 spiro atoms. The van der Waals surface area contributed by atoms with Gasteiger partial charge in [-0.05, 0) is 25.0 Å². The first-order chi connectivity index (χ1) is 10.7. The van der Waals surface area contributed by atoms with Crippen molar-refractivity contribution in [2.24, 2.45) is 5.92 Å². The molecule has 1 amide bonds. The first-order valence-electron chi connectivity index (χ1n) is 7.15. The van der Waals surface area contributed by atoms with Crippen LogP contribution in [0.3, 0.4) is 0 Å². The number of rotatable bonds is 3. The van der Waals surface area contributed by atoms with Gasteiger partial charge in [-0.25, -0.2) is 4.98 Å². The van der Waals surface area contributed by atoms with E-state index in [9.17, 15) is 9.59 Å². The van der Waals surface area contributed by atoms with Gasteiger partial charge in [0, 0.05) is 30.9 Å². The van der Waals surface area contributed by atoms with Gasteiger partial charge in [0.2, 0.25) is 0 Å². The predicted molar refractivity (Wildman–Crippen MR) is 82.1 cm³/mol. The van der Waals surface area contributed by atoms with E-state index in [0.29, 0.717) is 31.6 Å². The van der Waals surface area contributed by atoms with Crippen LogP contribution in [0.4, 0.5) is 0 Å². The van der Waals surface area contributed by atoms with Gasteiger partial charge in [0.05, 0.1) is 13.0 Å². The smallest absolute Gasteiger partial charge is 0.308 e. The molecule has 3 rings (SSSR count). The number of nitrogens with zero attached hydrogens (tertiary/aromatic N) is 3. The molecule has 22 heavy (non-hydrogen) atoms. The maximum atomic E-state index is 12.5. The Kier molecular flexibility index (Phi) is 4.24. The summed E-state index contributed by atoms with van der Waals surface area (Å²) in [5.74, 6) is -0.353. The monoisotopic (exact) mass is 319 g/mol. The first-order valence-corrected chi connectivity index (χ1v) is 8.03. The molecule has 2 aromatic heterocycles. The summed E-state index contributed by atoms with van der Waals surface area (Å²) in [6, 6.07) is 3.83. The minimum atomic E-state index is -0.185. The fourth-order valence-corrected chi connectivity index (χ4v) is 3.36. The van der Waals surface area contributed by atoms with E-state index in [1.54, 1.807) is 10.3 Å². The summed E-state index contributed by atoms with van der Waals surface area (Å²) in [4.78, 5) is 30.1. The largest absolute Gasteiger partial charge is 0.469 e. The van der Waals surface area contributed by atoms with E-state index in [0.717, 1.165) is 5.13 Å². The van der Waals surface area contributed by atoms with E-state index in [-0.39, 0.29) is 17.8 Å². The zero-order chi connectivity index (χ0) is 15.5. The standard InChI is InChI=1S/C15H17N3O3S/c1-21-14(20)11-4-8-17(9-5-11)13(19)12-10-22-15(16-12)18-6-2-3-7-18/h2-3,6-7,10-11H,4-5,8-9H2,1H3. The SMILES string of the molecule is COC(=O)C1CCN(C(=O)c2csc(-n3cccc3)n2)CC1.